The molecule has 0 aliphatic rings. The molecule has 86 valence electrons. The van der Waals surface area contributed by atoms with Crippen molar-refractivity contribution in [2.24, 2.45) is 5.84 Å². The molecule has 0 heterocycles. The van der Waals surface area contributed by atoms with Crippen LogP contribution in [0.2, 0.25) is 0 Å². The molecule has 0 aliphatic carbocycles. The molecule has 0 radical (unpaired) electrons. The van der Waals surface area contributed by atoms with Crippen LogP contribution in [-0.2, 0) is 4.74 Å². The average Bonchev–Trinajstić information content (AvgIpc) is 2.18. The van der Waals surface area contributed by atoms with Crippen molar-refractivity contribution < 1.29 is 25.2 Å². The largest absolute Gasteiger partial charge is 0.394 e. The number of hydrogen-bond donors (Lipinski definition) is 6. The Labute approximate surface area is 82.1 Å². The van der Waals surface area contributed by atoms with Crippen molar-refractivity contribution in [1.82, 2.24) is 5.43 Å². The summed E-state index contributed by atoms with van der Waals surface area (Å²) in [4.78, 5) is 0. The van der Waals surface area contributed by atoms with Gasteiger partial charge in [-0.1, -0.05) is 0 Å². The lowest BCUT2D eigenvalue weighted by Crippen LogP contribution is -2.50. The van der Waals surface area contributed by atoms with Crippen LogP contribution >= 0.6 is 0 Å². The third-order valence-electron chi connectivity index (χ3n) is 1.90. The van der Waals surface area contributed by atoms with Gasteiger partial charge in [0.25, 0.3) is 0 Å². The van der Waals surface area contributed by atoms with Crippen LogP contribution in [0, 0.1) is 0 Å². The normalized spacial score (nSPS) is 20.1. The maximum absolute atomic E-state index is 9.41. The van der Waals surface area contributed by atoms with Gasteiger partial charge in [0.15, 0.2) is 0 Å². The summed E-state index contributed by atoms with van der Waals surface area (Å²) in [7, 11) is 1.28. The molecular weight excluding hydrogens is 192 g/mol. The Bertz CT molecular complexity index is 148. The highest BCUT2D eigenvalue weighted by Gasteiger charge is 2.31. The maximum atomic E-state index is 9.41. The van der Waals surface area contributed by atoms with Gasteiger partial charge in [0.2, 0.25) is 0 Å². The minimum Gasteiger partial charge on any atom is -0.394 e. The second kappa shape index (κ2) is 7.07. The first kappa shape index (κ1) is 13.7. The molecule has 0 aromatic rings. The molecule has 7 nitrogen and oxygen atoms in total. The Morgan fingerprint density at radius 1 is 1.29 bits per heavy atom. The Morgan fingerprint density at radius 3 is 2.21 bits per heavy atom. The standard InChI is InChI=1S/C7H18N2O5/c1-14-7(4(11)2-9-8)6(13)5(12)3-10/h4-7,9-13H,2-3,8H2,1H3/t4-,5+,6+,7+/m0/s1. The zero-order valence-corrected chi connectivity index (χ0v) is 8.00. The first-order valence-electron chi connectivity index (χ1n) is 4.19. The van der Waals surface area contributed by atoms with Gasteiger partial charge in [-0.15, -0.1) is 0 Å². The highest BCUT2D eigenvalue weighted by molar-refractivity contribution is 4.82. The third-order valence-corrected chi connectivity index (χ3v) is 1.90. The number of nitrogens with two attached hydrogens (primary N) is 1. The van der Waals surface area contributed by atoms with Gasteiger partial charge in [0, 0.05) is 13.7 Å². The van der Waals surface area contributed by atoms with Crippen molar-refractivity contribution in [3.63, 3.8) is 0 Å². The molecule has 0 saturated heterocycles. The van der Waals surface area contributed by atoms with Crippen LogP contribution in [-0.4, -0.2) is 65.1 Å². The summed E-state index contributed by atoms with van der Waals surface area (Å²) < 4.78 is 4.78. The van der Waals surface area contributed by atoms with Crippen LogP contribution in [0.15, 0.2) is 0 Å². The number of methoxy groups -OCH3 is 1. The SMILES string of the molecule is CO[C@@H]([C@H](O)[C@H](O)CO)[C@@H](O)CNN. The summed E-state index contributed by atoms with van der Waals surface area (Å²) in [5.74, 6) is 4.97. The van der Waals surface area contributed by atoms with Gasteiger partial charge in [-0.2, -0.15) is 0 Å². The predicted octanol–water partition coefficient (Wildman–Crippen LogP) is -3.46. The monoisotopic (exact) mass is 210 g/mol. The number of nitrogens with one attached hydrogen (secondary N) is 1. The predicted molar refractivity (Wildman–Crippen MR) is 48.1 cm³/mol. The summed E-state index contributed by atoms with van der Waals surface area (Å²) in [6.45, 7) is -0.600. The maximum Gasteiger partial charge on any atom is 0.113 e. The fourth-order valence-electron chi connectivity index (χ4n) is 1.09. The van der Waals surface area contributed by atoms with E-state index < -0.39 is 31.0 Å². The molecule has 0 spiro atoms. The van der Waals surface area contributed by atoms with Gasteiger partial charge >= 0.3 is 0 Å². The molecule has 0 aromatic heterocycles. The number of rotatable bonds is 7. The van der Waals surface area contributed by atoms with Crippen molar-refractivity contribution in [2.75, 3.05) is 20.3 Å². The fraction of sp³-hybridized carbons (Fsp3) is 1.00. The Balaban J connectivity index is 4.23. The molecule has 0 amide bonds. The molecule has 0 aromatic carbocycles. The van der Waals surface area contributed by atoms with Gasteiger partial charge in [0.1, 0.15) is 18.3 Å². The van der Waals surface area contributed by atoms with Crippen molar-refractivity contribution in [2.45, 2.75) is 24.4 Å². The number of hydrazine groups is 1. The zero-order chi connectivity index (χ0) is 11.1. The zero-order valence-electron chi connectivity index (χ0n) is 8.00. The average molecular weight is 210 g/mol. The topological polar surface area (TPSA) is 128 Å². The second-order valence-corrected chi connectivity index (χ2v) is 2.92. The lowest BCUT2D eigenvalue weighted by Gasteiger charge is -2.28. The van der Waals surface area contributed by atoms with Crippen molar-refractivity contribution in [3.05, 3.63) is 0 Å². The van der Waals surface area contributed by atoms with Crippen molar-refractivity contribution in [3.8, 4) is 0 Å². The van der Waals surface area contributed by atoms with Crippen LogP contribution < -0.4 is 11.3 Å². The van der Waals surface area contributed by atoms with E-state index >= 15 is 0 Å². The van der Waals surface area contributed by atoms with Crippen LogP contribution in [0.3, 0.4) is 0 Å². The highest BCUT2D eigenvalue weighted by atomic mass is 16.5. The summed E-state index contributed by atoms with van der Waals surface area (Å²) in [6.07, 6.45) is -4.80. The molecule has 14 heavy (non-hydrogen) atoms. The van der Waals surface area contributed by atoms with Crippen LogP contribution in [0.5, 0.6) is 0 Å². The van der Waals surface area contributed by atoms with E-state index in [4.69, 9.17) is 20.8 Å². The van der Waals surface area contributed by atoms with Gasteiger partial charge in [-0.3, -0.25) is 11.3 Å². The molecule has 0 unspecified atom stereocenters. The molecular formula is C7H18N2O5. The van der Waals surface area contributed by atoms with Crippen molar-refractivity contribution >= 4 is 0 Å². The van der Waals surface area contributed by atoms with Crippen molar-refractivity contribution in [1.29, 1.82) is 0 Å². The van der Waals surface area contributed by atoms with E-state index in [1.165, 1.54) is 7.11 Å². The van der Waals surface area contributed by atoms with Crippen LogP contribution in [0.4, 0.5) is 0 Å². The summed E-state index contributed by atoms with van der Waals surface area (Å²) in [5, 5.41) is 36.5. The van der Waals surface area contributed by atoms with Crippen LogP contribution in [0.25, 0.3) is 0 Å². The Hall–Kier alpha value is -0.280. The molecule has 0 fully saturated rings. The van der Waals surface area contributed by atoms with Gasteiger partial charge in [-0.05, 0) is 0 Å². The van der Waals surface area contributed by atoms with Gasteiger partial charge in [-0.25, -0.2) is 0 Å². The Morgan fingerprint density at radius 2 is 1.86 bits per heavy atom. The summed E-state index contributed by atoms with van der Waals surface area (Å²) in [5.41, 5.74) is 2.21. The van der Waals surface area contributed by atoms with Gasteiger partial charge in [0.05, 0.1) is 12.7 Å². The second-order valence-electron chi connectivity index (χ2n) is 2.92. The van der Waals surface area contributed by atoms with E-state index in [-0.39, 0.29) is 6.54 Å². The van der Waals surface area contributed by atoms with Crippen LogP contribution in [0.1, 0.15) is 0 Å². The number of aliphatic hydroxyl groups excluding tert-OH is 4. The molecule has 0 saturated carbocycles. The fourth-order valence-corrected chi connectivity index (χ4v) is 1.09. The van der Waals surface area contributed by atoms with E-state index in [1.807, 2.05) is 0 Å². The number of aliphatic hydroxyl groups is 4. The van der Waals surface area contributed by atoms with E-state index in [0.29, 0.717) is 0 Å². The lowest BCUT2D eigenvalue weighted by molar-refractivity contribution is -0.127. The minimum absolute atomic E-state index is 0.00765. The molecule has 0 rings (SSSR count). The Kier molecular flexibility index (Phi) is 6.93. The summed E-state index contributed by atoms with van der Waals surface area (Å²) in [6, 6.07) is 0. The number of hydrogen-bond acceptors (Lipinski definition) is 7. The third kappa shape index (κ3) is 3.84. The van der Waals surface area contributed by atoms with E-state index in [9.17, 15) is 10.2 Å². The smallest absolute Gasteiger partial charge is 0.113 e. The molecule has 7 heteroatoms. The summed E-state index contributed by atoms with van der Waals surface area (Å²) >= 11 is 0. The first-order chi connectivity index (χ1) is 6.58. The molecule has 4 atom stereocenters. The molecule has 0 aliphatic heterocycles. The highest BCUT2D eigenvalue weighted by Crippen LogP contribution is 2.08. The van der Waals surface area contributed by atoms with E-state index in [2.05, 4.69) is 5.43 Å². The van der Waals surface area contributed by atoms with Gasteiger partial charge < -0.3 is 25.2 Å². The molecule has 7 N–H and O–H groups in total. The first-order valence-corrected chi connectivity index (χ1v) is 4.19. The number of ether oxygens (including phenoxy) is 1. The van der Waals surface area contributed by atoms with E-state index in [0.717, 1.165) is 0 Å². The quantitative estimate of drug-likeness (QED) is 0.190. The lowest BCUT2D eigenvalue weighted by atomic mass is 10.0. The minimum atomic E-state index is -1.37. The molecule has 0 bridgehead atoms. The van der Waals surface area contributed by atoms with E-state index in [1.54, 1.807) is 0 Å².